The van der Waals surface area contributed by atoms with Crippen molar-refractivity contribution in [3.8, 4) is 17.2 Å². The molecule has 0 N–H and O–H groups in total. The number of fused-ring (bicyclic) bond motifs is 3. The van der Waals surface area contributed by atoms with Gasteiger partial charge < -0.3 is 9.47 Å². The van der Waals surface area contributed by atoms with Crippen LogP contribution in [0.4, 0.5) is 0 Å². The van der Waals surface area contributed by atoms with Gasteiger partial charge in [-0.05, 0) is 75.1 Å². The first kappa shape index (κ1) is 22.0. The van der Waals surface area contributed by atoms with Gasteiger partial charge in [0.1, 0.15) is 16.3 Å². The lowest BCUT2D eigenvalue weighted by molar-refractivity contribution is 0.340. The molecule has 0 spiro atoms. The maximum Gasteiger partial charge on any atom is 0.267 e. The molecule has 0 saturated carbocycles. The van der Waals surface area contributed by atoms with E-state index in [9.17, 15) is 4.79 Å². The second-order valence-corrected chi connectivity index (χ2v) is 10.2. The number of thioether (sulfide) groups is 1. The van der Waals surface area contributed by atoms with E-state index < -0.39 is 0 Å². The fourth-order valence-corrected chi connectivity index (χ4v) is 6.27. The van der Waals surface area contributed by atoms with Crippen LogP contribution in [0.1, 0.15) is 29.3 Å². The molecule has 4 aromatic rings. The topological polar surface area (TPSA) is 53.4 Å². The number of aryl methyl sites for hydroxylation is 3. The summed E-state index contributed by atoms with van der Waals surface area (Å²) >= 11 is 3.23. The fourth-order valence-electron chi connectivity index (χ4n) is 4.13. The van der Waals surface area contributed by atoms with Crippen LogP contribution >= 0.6 is 23.1 Å². The molecule has 0 amide bonds. The molecule has 1 aliphatic carbocycles. The molecule has 33 heavy (non-hydrogen) atoms. The normalized spacial score (nSPS) is 12.8. The molecule has 0 radical (unpaired) electrons. The van der Waals surface area contributed by atoms with E-state index in [4.69, 9.17) is 14.5 Å². The lowest BCUT2D eigenvalue weighted by atomic mass is 10.2. The summed E-state index contributed by atoms with van der Waals surface area (Å²) in [5.74, 6) is 2.33. The predicted octanol–water partition coefficient (Wildman–Crippen LogP) is 5.81. The first-order valence-corrected chi connectivity index (χ1v) is 13.1. The molecule has 0 saturated heterocycles. The van der Waals surface area contributed by atoms with Crippen molar-refractivity contribution in [2.45, 2.75) is 38.3 Å². The maximum atomic E-state index is 13.7. The van der Waals surface area contributed by atoms with Gasteiger partial charge in [0.15, 0.2) is 5.16 Å². The Morgan fingerprint density at radius 3 is 2.52 bits per heavy atom. The van der Waals surface area contributed by atoms with Crippen LogP contribution in [-0.4, -0.2) is 28.5 Å². The lowest BCUT2D eigenvalue weighted by Crippen LogP contribution is -2.22. The van der Waals surface area contributed by atoms with Crippen molar-refractivity contribution < 1.29 is 9.47 Å². The highest BCUT2D eigenvalue weighted by Gasteiger charge is 2.24. The average molecular weight is 479 g/mol. The van der Waals surface area contributed by atoms with Gasteiger partial charge in [-0.25, -0.2) is 4.98 Å². The van der Waals surface area contributed by atoms with Gasteiger partial charge in [-0.1, -0.05) is 29.5 Å². The summed E-state index contributed by atoms with van der Waals surface area (Å²) in [5.41, 5.74) is 3.23. The molecule has 1 aliphatic rings. The monoisotopic (exact) mass is 478 g/mol. The zero-order chi connectivity index (χ0) is 22.8. The van der Waals surface area contributed by atoms with Gasteiger partial charge in [-0.2, -0.15) is 0 Å². The third-order valence-corrected chi connectivity index (χ3v) is 7.81. The Balaban J connectivity index is 1.46. The number of rotatable bonds is 8. The van der Waals surface area contributed by atoms with E-state index in [2.05, 4.69) is 6.92 Å². The van der Waals surface area contributed by atoms with E-state index in [0.29, 0.717) is 24.1 Å². The quantitative estimate of drug-likeness (QED) is 0.182. The van der Waals surface area contributed by atoms with Gasteiger partial charge >= 0.3 is 0 Å². The summed E-state index contributed by atoms with van der Waals surface area (Å²) < 4.78 is 13.2. The summed E-state index contributed by atoms with van der Waals surface area (Å²) in [7, 11) is 0. The molecular weight excluding hydrogens is 452 g/mol. The minimum Gasteiger partial charge on any atom is -0.494 e. The molecule has 0 bridgehead atoms. The van der Waals surface area contributed by atoms with Crippen molar-refractivity contribution in [1.82, 2.24) is 9.55 Å². The molecule has 5 rings (SSSR count). The highest BCUT2D eigenvalue weighted by atomic mass is 32.2. The first-order valence-electron chi connectivity index (χ1n) is 11.3. The zero-order valence-electron chi connectivity index (χ0n) is 18.8. The van der Waals surface area contributed by atoms with Gasteiger partial charge in [-0.3, -0.25) is 9.36 Å². The second-order valence-electron chi connectivity index (χ2n) is 8.01. The molecule has 5 nitrogen and oxygen atoms in total. The minimum absolute atomic E-state index is 0.0190. The van der Waals surface area contributed by atoms with Crippen molar-refractivity contribution in [3.63, 3.8) is 0 Å². The van der Waals surface area contributed by atoms with E-state index in [-0.39, 0.29) is 5.56 Å². The van der Waals surface area contributed by atoms with Gasteiger partial charge in [0, 0.05) is 10.6 Å². The van der Waals surface area contributed by atoms with Crippen LogP contribution in [0.3, 0.4) is 0 Å². The second kappa shape index (κ2) is 9.61. The molecule has 0 aliphatic heterocycles. The molecule has 0 atom stereocenters. The molecule has 2 heterocycles. The van der Waals surface area contributed by atoms with Crippen LogP contribution in [0.15, 0.2) is 58.5 Å². The van der Waals surface area contributed by atoms with Gasteiger partial charge in [0.05, 0.1) is 24.3 Å². The van der Waals surface area contributed by atoms with Crippen molar-refractivity contribution >= 4 is 33.3 Å². The Hall–Kier alpha value is -2.77. The standard InChI is InChI=1S/C26H26N2O3S2/c1-3-30-19-13-9-18(10-14-19)28-25(29)23-21-5-4-6-22(21)33-24(23)27-26(28)32-16-15-31-20-11-7-17(2)8-12-20/h7-14H,3-6,15-16H2,1-2H3. The van der Waals surface area contributed by atoms with Crippen molar-refractivity contribution in [3.05, 3.63) is 74.9 Å². The number of hydrogen-bond acceptors (Lipinski definition) is 6. The number of benzene rings is 2. The first-order chi connectivity index (χ1) is 16.1. The van der Waals surface area contributed by atoms with Crippen LogP contribution in [0, 0.1) is 6.92 Å². The van der Waals surface area contributed by atoms with Crippen LogP contribution in [-0.2, 0) is 12.8 Å². The van der Waals surface area contributed by atoms with E-state index >= 15 is 0 Å². The number of hydrogen-bond donors (Lipinski definition) is 0. The molecule has 2 aromatic carbocycles. The maximum absolute atomic E-state index is 13.7. The van der Waals surface area contributed by atoms with E-state index in [1.807, 2.05) is 55.5 Å². The fraction of sp³-hybridized carbons (Fsp3) is 0.308. The van der Waals surface area contributed by atoms with E-state index in [1.165, 1.54) is 16.0 Å². The van der Waals surface area contributed by atoms with Crippen LogP contribution in [0.5, 0.6) is 11.5 Å². The Kier molecular flexibility index (Phi) is 6.42. The van der Waals surface area contributed by atoms with Gasteiger partial charge in [-0.15, -0.1) is 11.3 Å². The Morgan fingerprint density at radius 1 is 1.03 bits per heavy atom. The third kappa shape index (κ3) is 4.52. The molecule has 2 aromatic heterocycles. The Morgan fingerprint density at radius 2 is 1.76 bits per heavy atom. The van der Waals surface area contributed by atoms with E-state index in [0.717, 1.165) is 46.7 Å². The van der Waals surface area contributed by atoms with Crippen molar-refractivity contribution in [1.29, 1.82) is 0 Å². The van der Waals surface area contributed by atoms with Gasteiger partial charge in [0.25, 0.3) is 5.56 Å². The summed E-state index contributed by atoms with van der Waals surface area (Å²) in [6.07, 6.45) is 3.13. The molecular formula is C26H26N2O3S2. The Bertz CT molecular complexity index is 1330. The van der Waals surface area contributed by atoms with E-state index in [1.54, 1.807) is 27.7 Å². The highest BCUT2D eigenvalue weighted by molar-refractivity contribution is 7.99. The highest BCUT2D eigenvalue weighted by Crippen LogP contribution is 2.36. The van der Waals surface area contributed by atoms with Crippen LogP contribution < -0.4 is 15.0 Å². The Labute approximate surface area is 201 Å². The summed E-state index contributed by atoms with van der Waals surface area (Å²) in [6, 6.07) is 15.7. The van der Waals surface area contributed by atoms with Crippen molar-refractivity contribution in [2.75, 3.05) is 19.0 Å². The largest absolute Gasteiger partial charge is 0.494 e. The third-order valence-electron chi connectivity index (χ3n) is 5.72. The minimum atomic E-state index is 0.0190. The lowest BCUT2D eigenvalue weighted by Gasteiger charge is -2.13. The molecule has 0 unspecified atom stereocenters. The average Bonchev–Trinajstić information content (AvgIpc) is 3.40. The zero-order valence-corrected chi connectivity index (χ0v) is 20.4. The molecule has 0 fully saturated rings. The SMILES string of the molecule is CCOc1ccc(-n2c(SCCOc3ccc(C)cc3)nc3sc4c(c3c2=O)CCC4)cc1. The summed E-state index contributed by atoms with van der Waals surface area (Å²) in [4.78, 5) is 20.8. The molecule has 7 heteroatoms. The number of ether oxygens (including phenoxy) is 2. The van der Waals surface area contributed by atoms with Crippen molar-refractivity contribution in [2.24, 2.45) is 0 Å². The van der Waals surface area contributed by atoms with Crippen LogP contribution in [0.25, 0.3) is 15.9 Å². The summed E-state index contributed by atoms with van der Waals surface area (Å²) in [5, 5.41) is 1.49. The smallest absolute Gasteiger partial charge is 0.267 e. The number of aromatic nitrogens is 2. The summed E-state index contributed by atoms with van der Waals surface area (Å²) in [6.45, 7) is 5.16. The van der Waals surface area contributed by atoms with Crippen LogP contribution in [0.2, 0.25) is 0 Å². The number of nitrogens with zero attached hydrogens (tertiary/aromatic N) is 2. The molecule has 170 valence electrons. The van der Waals surface area contributed by atoms with Gasteiger partial charge in [0.2, 0.25) is 0 Å². The predicted molar refractivity (Wildman–Crippen MR) is 136 cm³/mol. The number of thiophene rings is 1.